The maximum Gasteiger partial charge on any atom is 0.273 e. The van der Waals surface area contributed by atoms with E-state index in [4.69, 9.17) is 16.3 Å². The molecule has 5 rings (SSSR count). The molecule has 2 aromatic rings. The molecule has 0 aromatic heterocycles. The Bertz CT molecular complexity index is 1180. The van der Waals surface area contributed by atoms with E-state index in [0.717, 1.165) is 17.7 Å². The number of methoxy groups -OCH3 is 1. The summed E-state index contributed by atoms with van der Waals surface area (Å²) < 4.78 is 5.27. The Balaban J connectivity index is 1.55. The van der Waals surface area contributed by atoms with Gasteiger partial charge in [-0.15, -0.1) is 0 Å². The number of non-ortho nitro benzene ring substituents is 1. The second-order valence-corrected chi connectivity index (χ2v) is 8.88. The number of rotatable bonds is 5. The number of imide groups is 1. The van der Waals surface area contributed by atoms with Crippen LogP contribution in [0.25, 0.3) is 0 Å². The molecule has 33 heavy (non-hydrogen) atoms. The first-order valence-corrected chi connectivity index (χ1v) is 11.0. The average molecular weight is 470 g/mol. The van der Waals surface area contributed by atoms with Gasteiger partial charge in [-0.1, -0.05) is 11.6 Å². The zero-order valence-corrected chi connectivity index (χ0v) is 18.4. The third-order valence-corrected chi connectivity index (χ3v) is 7.12. The van der Waals surface area contributed by atoms with Gasteiger partial charge >= 0.3 is 0 Å². The first-order valence-electron chi connectivity index (χ1n) is 10.6. The molecule has 0 spiro atoms. The van der Waals surface area contributed by atoms with Crippen molar-refractivity contribution in [2.24, 2.45) is 11.8 Å². The molecule has 0 unspecified atom stereocenters. The molecular weight excluding hydrogens is 450 g/mol. The fourth-order valence-electron chi connectivity index (χ4n) is 5.50. The monoisotopic (exact) mass is 469 g/mol. The molecular formula is C23H20ClN3O6. The van der Waals surface area contributed by atoms with Crippen molar-refractivity contribution >= 4 is 40.6 Å². The summed E-state index contributed by atoms with van der Waals surface area (Å²) in [7, 11) is 1.32. The van der Waals surface area contributed by atoms with Gasteiger partial charge in [0.05, 0.1) is 41.7 Å². The van der Waals surface area contributed by atoms with Crippen LogP contribution in [0.1, 0.15) is 23.2 Å². The standard InChI is InChI=1S/C23H20ClN3O6/c1-33-17-11-14(27(31)32)8-9-15(17)26-22(29)18-16-3-2-10-25(16)20(19(18)23(26)30)21(28)12-4-6-13(24)7-5-12/h4-9,11,16,18-20H,2-3,10H2,1H3/t16-,18+,19-,20+/m1/s1. The minimum Gasteiger partial charge on any atom is -0.494 e. The third kappa shape index (κ3) is 3.22. The number of amides is 2. The fourth-order valence-corrected chi connectivity index (χ4v) is 5.63. The Morgan fingerprint density at radius 3 is 2.48 bits per heavy atom. The van der Waals surface area contributed by atoms with Gasteiger partial charge in [0, 0.05) is 22.7 Å². The largest absolute Gasteiger partial charge is 0.494 e. The molecule has 9 nitrogen and oxygen atoms in total. The summed E-state index contributed by atoms with van der Waals surface area (Å²) in [5.41, 5.74) is 0.365. The molecule has 3 aliphatic heterocycles. The lowest BCUT2D eigenvalue weighted by Crippen LogP contribution is -2.46. The number of Topliss-reactive ketones (excluding diaryl/α,β-unsaturated/α-hetero) is 1. The number of hydrogen-bond acceptors (Lipinski definition) is 7. The molecule has 0 N–H and O–H groups in total. The lowest BCUT2D eigenvalue weighted by Gasteiger charge is -2.28. The average Bonchev–Trinajstić information content (AvgIpc) is 3.45. The molecule has 0 radical (unpaired) electrons. The summed E-state index contributed by atoms with van der Waals surface area (Å²) in [6.45, 7) is 0.642. The minimum atomic E-state index is -0.828. The van der Waals surface area contributed by atoms with E-state index < -0.39 is 34.6 Å². The second kappa shape index (κ2) is 7.93. The highest BCUT2D eigenvalue weighted by molar-refractivity contribution is 6.30. The van der Waals surface area contributed by atoms with Gasteiger partial charge in [0.2, 0.25) is 11.8 Å². The Labute approximate surface area is 194 Å². The summed E-state index contributed by atoms with van der Waals surface area (Å²) in [5.74, 6) is -2.54. The van der Waals surface area contributed by atoms with Crippen LogP contribution in [0, 0.1) is 22.0 Å². The lowest BCUT2D eigenvalue weighted by molar-refractivity contribution is -0.384. The zero-order valence-electron chi connectivity index (χ0n) is 17.6. The molecule has 3 fully saturated rings. The topological polar surface area (TPSA) is 110 Å². The van der Waals surface area contributed by atoms with Crippen molar-refractivity contribution in [3.63, 3.8) is 0 Å². The van der Waals surface area contributed by atoms with Gasteiger partial charge < -0.3 is 4.74 Å². The zero-order chi connectivity index (χ0) is 23.4. The quantitative estimate of drug-likeness (QED) is 0.286. The normalized spacial score (nSPS) is 26.4. The highest BCUT2D eigenvalue weighted by Crippen LogP contribution is 2.49. The number of nitro groups is 1. The van der Waals surface area contributed by atoms with Crippen LogP contribution in [-0.2, 0) is 9.59 Å². The summed E-state index contributed by atoms with van der Waals surface area (Å²) in [6.07, 6.45) is 1.55. The molecule has 10 heteroatoms. The third-order valence-electron chi connectivity index (χ3n) is 6.86. The van der Waals surface area contributed by atoms with Gasteiger partial charge in [0.1, 0.15) is 5.75 Å². The predicted octanol–water partition coefficient (Wildman–Crippen LogP) is 3.09. The van der Waals surface area contributed by atoms with Crippen molar-refractivity contribution in [1.82, 2.24) is 4.90 Å². The highest BCUT2D eigenvalue weighted by Gasteiger charge is 2.65. The SMILES string of the molecule is COc1cc([N+](=O)[O-])ccc1N1C(=O)[C@@H]2[C@@H](C1=O)[C@@H](C(=O)c1ccc(Cl)cc1)N1CCC[C@H]21. The van der Waals surface area contributed by atoms with Crippen LogP contribution in [0.3, 0.4) is 0 Å². The first kappa shape index (κ1) is 21.5. The number of nitro benzene ring substituents is 1. The number of ketones is 1. The van der Waals surface area contributed by atoms with E-state index in [1.165, 1.54) is 25.3 Å². The number of benzene rings is 2. The predicted molar refractivity (Wildman–Crippen MR) is 118 cm³/mol. The van der Waals surface area contributed by atoms with Crippen molar-refractivity contribution in [2.75, 3.05) is 18.6 Å². The molecule has 3 saturated heterocycles. The van der Waals surface area contributed by atoms with Crippen LogP contribution in [-0.4, -0.2) is 53.2 Å². The minimum absolute atomic E-state index is 0.0507. The second-order valence-electron chi connectivity index (χ2n) is 8.44. The molecule has 170 valence electrons. The van der Waals surface area contributed by atoms with Crippen LogP contribution >= 0.6 is 11.6 Å². The first-order chi connectivity index (χ1) is 15.8. The molecule has 3 heterocycles. The molecule has 4 atom stereocenters. The van der Waals surface area contributed by atoms with Gasteiger partial charge in [-0.05, 0) is 49.7 Å². The Morgan fingerprint density at radius 2 is 1.82 bits per heavy atom. The van der Waals surface area contributed by atoms with E-state index in [1.54, 1.807) is 24.3 Å². The molecule has 0 aliphatic carbocycles. The molecule has 0 saturated carbocycles. The van der Waals surface area contributed by atoms with Crippen LogP contribution in [0.15, 0.2) is 42.5 Å². The Kier molecular flexibility index (Phi) is 5.18. The van der Waals surface area contributed by atoms with E-state index in [2.05, 4.69) is 0 Å². The number of carbonyl (C=O) groups excluding carboxylic acids is 3. The maximum absolute atomic E-state index is 13.6. The number of halogens is 1. The number of ether oxygens (including phenoxy) is 1. The number of fused-ring (bicyclic) bond motifs is 3. The van der Waals surface area contributed by atoms with Crippen LogP contribution in [0.5, 0.6) is 5.75 Å². The van der Waals surface area contributed by atoms with E-state index in [9.17, 15) is 24.5 Å². The number of hydrogen-bond donors (Lipinski definition) is 0. The summed E-state index contributed by atoms with van der Waals surface area (Å²) in [4.78, 5) is 54.3. The molecule has 3 aliphatic rings. The van der Waals surface area contributed by atoms with E-state index in [-0.39, 0.29) is 28.9 Å². The lowest BCUT2D eigenvalue weighted by atomic mass is 9.85. The summed E-state index contributed by atoms with van der Waals surface area (Å²) >= 11 is 5.96. The fraction of sp³-hybridized carbons (Fsp3) is 0.348. The van der Waals surface area contributed by atoms with E-state index in [1.807, 2.05) is 4.90 Å². The molecule has 2 aromatic carbocycles. The van der Waals surface area contributed by atoms with Gasteiger partial charge in [0.25, 0.3) is 5.69 Å². The summed E-state index contributed by atoms with van der Waals surface area (Å²) in [5, 5.41) is 11.6. The van der Waals surface area contributed by atoms with Crippen LogP contribution in [0.2, 0.25) is 5.02 Å². The molecule has 0 bridgehead atoms. The smallest absolute Gasteiger partial charge is 0.273 e. The van der Waals surface area contributed by atoms with Crippen molar-refractivity contribution in [3.8, 4) is 5.75 Å². The van der Waals surface area contributed by atoms with Crippen LogP contribution in [0.4, 0.5) is 11.4 Å². The molecule has 2 amide bonds. The van der Waals surface area contributed by atoms with Crippen LogP contribution < -0.4 is 9.64 Å². The number of nitrogens with zero attached hydrogens (tertiary/aromatic N) is 3. The van der Waals surface area contributed by atoms with E-state index >= 15 is 0 Å². The Hall–Kier alpha value is -3.30. The van der Waals surface area contributed by atoms with Crippen molar-refractivity contribution in [3.05, 3.63) is 63.2 Å². The van der Waals surface area contributed by atoms with Crippen molar-refractivity contribution in [2.45, 2.75) is 24.9 Å². The number of carbonyl (C=O) groups is 3. The number of anilines is 1. The van der Waals surface area contributed by atoms with Gasteiger partial charge in [-0.25, -0.2) is 4.90 Å². The van der Waals surface area contributed by atoms with Gasteiger partial charge in [0.15, 0.2) is 5.78 Å². The van der Waals surface area contributed by atoms with Crippen molar-refractivity contribution in [1.29, 1.82) is 0 Å². The van der Waals surface area contributed by atoms with Crippen molar-refractivity contribution < 1.29 is 24.0 Å². The highest BCUT2D eigenvalue weighted by atomic mass is 35.5. The summed E-state index contributed by atoms with van der Waals surface area (Å²) in [6, 6.07) is 9.29. The maximum atomic E-state index is 13.6. The Morgan fingerprint density at radius 1 is 1.12 bits per heavy atom. The van der Waals surface area contributed by atoms with Gasteiger partial charge in [-0.3, -0.25) is 29.4 Å². The van der Waals surface area contributed by atoms with E-state index in [0.29, 0.717) is 17.1 Å². The van der Waals surface area contributed by atoms with Gasteiger partial charge in [-0.2, -0.15) is 0 Å².